The molecule has 1 heterocycles. The highest BCUT2D eigenvalue weighted by Gasteiger charge is 2.44. The van der Waals surface area contributed by atoms with Gasteiger partial charge in [0.25, 0.3) is 0 Å². The van der Waals surface area contributed by atoms with Crippen molar-refractivity contribution in [3.63, 3.8) is 0 Å². The summed E-state index contributed by atoms with van der Waals surface area (Å²) in [5, 5.41) is 14.0. The van der Waals surface area contributed by atoms with Crippen LogP contribution in [0.4, 0.5) is 0 Å². The van der Waals surface area contributed by atoms with Crippen molar-refractivity contribution in [3.05, 3.63) is 81.8 Å². The quantitative estimate of drug-likeness (QED) is 0.487. The lowest BCUT2D eigenvalue weighted by molar-refractivity contribution is -0.143. The zero-order valence-corrected chi connectivity index (χ0v) is 19.6. The minimum absolute atomic E-state index is 0.0568. The van der Waals surface area contributed by atoms with Crippen LogP contribution in [0.25, 0.3) is 11.1 Å². The normalized spacial score (nSPS) is 17.3. The number of carboxylic acids is 1. The summed E-state index contributed by atoms with van der Waals surface area (Å²) in [4.78, 5) is 16.7. The number of methoxy groups -OCH3 is 2. The predicted molar refractivity (Wildman–Crippen MR) is 130 cm³/mol. The third-order valence-electron chi connectivity index (χ3n) is 5.65. The molecule has 0 aliphatic carbocycles. The molecule has 0 saturated heterocycles. The van der Waals surface area contributed by atoms with Gasteiger partial charge in [-0.3, -0.25) is 4.99 Å². The van der Waals surface area contributed by atoms with E-state index in [4.69, 9.17) is 32.7 Å². The molecular formula is C25H22Cl2N2O4. The SMILES string of the molecule is COc1cccc(OC)c1-c1ccc(CC2(C(=O)O)CN=C(c3c(Cl)cccc3Cl)N2)cc1. The molecule has 4 rings (SSSR count). The summed E-state index contributed by atoms with van der Waals surface area (Å²) in [5.41, 5.74) is 1.77. The van der Waals surface area contributed by atoms with Gasteiger partial charge < -0.3 is 19.9 Å². The summed E-state index contributed by atoms with van der Waals surface area (Å²) in [6.07, 6.45) is 0.223. The Bertz CT molecular complexity index is 1190. The maximum Gasteiger partial charge on any atom is 0.331 e. The van der Waals surface area contributed by atoms with E-state index in [9.17, 15) is 9.90 Å². The van der Waals surface area contributed by atoms with Crippen LogP contribution in [0, 0.1) is 0 Å². The van der Waals surface area contributed by atoms with E-state index in [0.29, 0.717) is 32.9 Å². The van der Waals surface area contributed by atoms with Gasteiger partial charge in [0.1, 0.15) is 17.3 Å². The number of rotatable bonds is 7. The number of carboxylic acid groups (broad SMARTS) is 1. The van der Waals surface area contributed by atoms with Gasteiger partial charge in [0.2, 0.25) is 0 Å². The van der Waals surface area contributed by atoms with Crippen molar-refractivity contribution in [2.45, 2.75) is 12.0 Å². The van der Waals surface area contributed by atoms with Crippen molar-refractivity contribution >= 4 is 35.0 Å². The molecule has 3 aromatic carbocycles. The molecule has 0 bridgehead atoms. The van der Waals surface area contributed by atoms with E-state index in [1.165, 1.54) is 0 Å². The van der Waals surface area contributed by atoms with Crippen LogP contribution < -0.4 is 14.8 Å². The van der Waals surface area contributed by atoms with E-state index in [2.05, 4.69) is 10.3 Å². The van der Waals surface area contributed by atoms with Gasteiger partial charge in [-0.1, -0.05) is 59.6 Å². The summed E-state index contributed by atoms with van der Waals surface area (Å²) in [5.74, 6) is 0.760. The first kappa shape index (κ1) is 23.0. The first-order chi connectivity index (χ1) is 15.9. The van der Waals surface area contributed by atoms with Crippen LogP contribution in [0.5, 0.6) is 11.5 Å². The minimum Gasteiger partial charge on any atom is -0.496 e. The van der Waals surface area contributed by atoms with Gasteiger partial charge >= 0.3 is 5.97 Å². The fraction of sp³-hybridized carbons (Fsp3) is 0.200. The molecule has 3 aromatic rings. The molecule has 0 radical (unpaired) electrons. The Morgan fingerprint density at radius 1 is 0.970 bits per heavy atom. The Morgan fingerprint density at radius 2 is 1.55 bits per heavy atom. The van der Waals surface area contributed by atoms with Gasteiger partial charge in [-0.15, -0.1) is 0 Å². The minimum atomic E-state index is -1.30. The zero-order valence-electron chi connectivity index (χ0n) is 18.1. The fourth-order valence-corrected chi connectivity index (χ4v) is 4.53. The molecular weight excluding hydrogens is 463 g/mol. The van der Waals surface area contributed by atoms with Crippen molar-refractivity contribution in [3.8, 4) is 22.6 Å². The molecule has 0 aromatic heterocycles. The Balaban J connectivity index is 1.61. The molecule has 2 N–H and O–H groups in total. The van der Waals surface area contributed by atoms with E-state index in [0.717, 1.165) is 16.7 Å². The van der Waals surface area contributed by atoms with E-state index in [1.54, 1.807) is 32.4 Å². The number of ether oxygens (including phenoxy) is 2. The average Bonchev–Trinajstić information content (AvgIpc) is 3.24. The number of nitrogens with zero attached hydrogens (tertiary/aromatic N) is 1. The second kappa shape index (κ2) is 9.33. The highest BCUT2D eigenvalue weighted by molar-refractivity contribution is 6.40. The first-order valence-corrected chi connectivity index (χ1v) is 10.9. The van der Waals surface area contributed by atoms with Crippen molar-refractivity contribution in [2.75, 3.05) is 20.8 Å². The molecule has 1 aliphatic rings. The molecule has 8 heteroatoms. The summed E-state index contributed by atoms with van der Waals surface area (Å²) in [6.45, 7) is 0.0568. The zero-order chi connectivity index (χ0) is 23.6. The highest BCUT2D eigenvalue weighted by Crippen LogP contribution is 2.38. The maximum atomic E-state index is 12.3. The first-order valence-electron chi connectivity index (χ1n) is 10.2. The predicted octanol–water partition coefficient (Wildman–Crippen LogP) is 5.09. The van der Waals surface area contributed by atoms with Gasteiger partial charge in [0, 0.05) is 6.42 Å². The van der Waals surface area contributed by atoms with Crippen LogP contribution in [0.2, 0.25) is 10.0 Å². The summed E-state index contributed by atoms with van der Waals surface area (Å²) in [6, 6.07) is 18.4. The van der Waals surface area contributed by atoms with Gasteiger partial charge in [-0.25, -0.2) is 4.79 Å². The lowest BCUT2D eigenvalue weighted by atomic mass is 9.90. The van der Waals surface area contributed by atoms with Crippen LogP contribution in [-0.4, -0.2) is 43.2 Å². The number of aliphatic carboxylic acids is 1. The van der Waals surface area contributed by atoms with E-state index in [1.807, 2.05) is 42.5 Å². The summed E-state index contributed by atoms with van der Waals surface area (Å²) < 4.78 is 11.0. The smallest absolute Gasteiger partial charge is 0.331 e. The van der Waals surface area contributed by atoms with E-state index >= 15 is 0 Å². The number of benzene rings is 3. The number of carbonyl (C=O) groups is 1. The summed E-state index contributed by atoms with van der Waals surface area (Å²) in [7, 11) is 3.22. The lowest BCUT2D eigenvalue weighted by Crippen LogP contribution is -2.54. The van der Waals surface area contributed by atoms with Crippen molar-refractivity contribution in [2.24, 2.45) is 4.99 Å². The Labute approximate surface area is 201 Å². The third kappa shape index (κ3) is 4.36. The van der Waals surface area contributed by atoms with Gasteiger partial charge in [-0.2, -0.15) is 0 Å². The summed E-state index contributed by atoms with van der Waals surface area (Å²) >= 11 is 12.6. The molecule has 0 amide bonds. The van der Waals surface area contributed by atoms with Gasteiger partial charge in [-0.05, 0) is 35.4 Å². The molecule has 1 aliphatic heterocycles. The molecule has 0 spiro atoms. The second-order valence-electron chi connectivity index (χ2n) is 7.68. The van der Waals surface area contributed by atoms with Crippen LogP contribution in [0.15, 0.2) is 65.7 Å². The number of amidine groups is 1. The van der Waals surface area contributed by atoms with Crippen molar-refractivity contribution in [1.82, 2.24) is 5.32 Å². The third-order valence-corrected chi connectivity index (χ3v) is 6.28. The molecule has 1 unspecified atom stereocenters. The number of aliphatic imine (C=N–C) groups is 1. The van der Waals surface area contributed by atoms with Gasteiger partial charge in [0.05, 0.1) is 41.9 Å². The Morgan fingerprint density at radius 3 is 2.09 bits per heavy atom. The number of nitrogens with one attached hydrogen (secondary N) is 1. The molecule has 0 fully saturated rings. The van der Waals surface area contributed by atoms with E-state index in [-0.39, 0.29) is 13.0 Å². The molecule has 170 valence electrons. The maximum absolute atomic E-state index is 12.3. The van der Waals surface area contributed by atoms with Crippen LogP contribution >= 0.6 is 23.2 Å². The second-order valence-corrected chi connectivity index (χ2v) is 8.50. The largest absolute Gasteiger partial charge is 0.496 e. The van der Waals surface area contributed by atoms with Crippen LogP contribution in [-0.2, 0) is 11.2 Å². The van der Waals surface area contributed by atoms with E-state index < -0.39 is 11.5 Å². The average molecular weight is 485 g/mol. The number of halogens is 2. The monoisotopic (exact) mass is 484 g/mol. The molecule has 6 nitrogen and oxygen atoms in total. The lowest BCUT2D eigenvalue weighted by Gasteiger charge is -2.25. The molecule has 33 heavy (non-hydrogen) atoms. The molecule has 1 atom stereocenters. The standard InChI is InChI=1S/C25H22Cl2N2O4/c1-32-19-7-4-8-20(33-2)21(19)16-11-9-15(10-12-16)13-25(24(30)31)14-28-23(29-25)22-17(26)5-3-6-18(22)27/h3-12H,13-14H2,1-2H3,(H,28,29)(H,30,31). The highest BCUT2D eigenvalue weighted by atomic mass is 35.5. The number of hydrogen-bond acceptors (Lipinski definition) is 5. The topological polar surface area (TPSA) is 80.2 Å². The Hall–Kier alpha value is -3.22. The number of hydrogen-bond donors (Lipinski definition) is 2. The van der Waals surface area contributed by atoms with Gasteiger partial charge in [0.15, 0.2) is 5.54 Å². The van der Waals surface area contributed by atoms with Crippen molar-refractivity contribution in [1.29, 1.82) is 0 Å². The van der Waals surface area contributed by atoms with Crippen molar-refractivity contribution < 1.29 is 19.4 Å². The molecule has 0 saturated carbocycles. The van der Waals surface area contributed by atoms with Crippen LogP contribution in [0.1, 0.15) is 11.1 Å². The van der Waals surface area contributed by atoms with Crippen LogP contribution in [0.3, 0.4) is 0 Å². The Kier molecular flexibility index (Phi) is 6.49. The fourth-order valence-electron chi connectivity index (χ4n) is 3.96.